The van der Waals surface area contributed by atoms with Crippen LogP contribution in [-0.4, -0.2) is 26.0 Å². The number of carbonyl (C=O) groups excluding carboxylic acids is 1. The average molecular weight is 505 g/mol. The molecule has 0 saturated carbocycles. The van der Waals surface area contributed by atoms with Crippen molar-refractivity contribution in [3.05, 3.63) is 123 Å². The van der Waals surface area contributed by atoms with Crippen molar-refractivity contribution >= 4 is 17.6 Å². The van der Waals surface area contributed by atoms with Crippen LogP contribution >= 0.6 is 0 Å². The Morgan fingerprint density at radius 2 is 1.66 bits per heavy atom. The summed E-state index contributed by atoms with van der Waals surface area (Å²) >= 11 is 0. The van der Waals surface area contributed by atoms with Crippen LogP contribution in [0.2, 0.25) is 0 Å². The van der Waals surface area contributed by atoms with Crippen molar-refractivity contribution in [1.29, 1.82) is 0 Å². The topological polar surface area (TPSA) is 98.5 Å². The zero-order valence-electron chi connectivity index (χ0n) is 21.3. The monoisotopic (exact) mass is 504 g/mol. The molecule has 0 unspecified atom stereocenters. The van der Waals surface area contributed by atoms with E-state index >= 15 is 0 Å². The van der Waals surface area contributed by atoms with Crippen molar-refractivity contribution in [2.75, 3.05) is 5.01 Å². The predicted octanol–water partition coefficient (Wildman–Crippen LogP) is 3.76. The summed E-state index contributed by atoms with van der Waals surface area (Å²) in [6, 6.07) is 24.2. The minimum Gasteiger partial charge on any atom is -0.368 e. The standard InChI is InChI=1S/C30H28N6O2/c1-20-7-11-23(12-8-20)27-30(16-15-22-5-3-4-6-25(22)30)17-18-35(32-27)28-33-36(24-13-9-21(2)10-14-24)29(38)34(28)19-26(31)37/h3-14,17-18H,15-16,19H2,1-2H3,(H2,31,37)/t30-/m0/s1. The maximum atomic E-state index is 13.4. The summed E-state index contributed by atoms with van der Waals surface area (Å²) in [5.41, 5.74) is 11.9. The number of aryl methyl sites for hydroxylation is 3. The van der Waals surface area contributed by atoms with Gasteiger partial charge < -0.3 is 5.73 Å². The first-order valence-corrected chi connectivity index (χ1v) is 12.6. The van der Waals surface area contributed by atoms with Crippen LogP contribution in [0.25, 0.3) is 5.69 Å². The molecule has 38 heavy (non-hydrogen) atoms. The van der Waals surface area contributed by atoms with Crippen LogP contribution in [0.4, 0.5) is 5.95 Å². The summed E-state index contributed by atoms with van der Waals surface area (Å²) < 4.78 is 2.55. The van der Waals surface area contributed by atoms with Gasteiger partial charge in [0.25, 0.3) is 5.95 Å². The van der Waals surface area contributed by atoms with Crippen molar-refractivity contribution in [2.45, 2.75) is 38.6 Å². The number of hydrazone groups is 1. The first-order valence-electron chi connectivity index (χ1n) is 12.6. The zero-order valence-corrected chi connectivity index (χ0v) is 21.3. The fourth-order valence-electron chi connectivity index (χ4n) is 5.41. The lowest BCUT2D eigenvalue weighted by atomic mass is 9.74. The normalized spacial score (nSPS) is 18.1. The van der Waals surface area contributed by atoms with E-state index in [-0.39, 0.29) is 12.5 Å². The van der Waals surface area contributed by atoms with Gasteiger partial charge in [-0.15, -0.1) is 5.10 Å². The number of hydrogen-bond donors (Lipinski definition) is 1. The number of nitrogens with two attached hydrogens (primary N) is 1. The number of amides is 1. The molecule has 1 aliphatic carbocycles. The second-order valence-electron chi connectivity index (χ2n) is 9.99. The van der Waals surface area contributed by atoms with E-state index in [9.17, 15) is 9.59 Å². The number of hydrogen-bond acceptors (Lipinski definition) is 5. The molecule has 2 N–H and O–H groups in total. The minimum atomic E-state index is -0.637. The first kappa shape index (κ1) is 23.7. The highest BCUT2D eigenvalue weighted by atomic mass is 16.2. The van der Waals surface area contributed by atoms with E-state index in [1.807, 2.05) is 37.4 Å². The van der Waals surface area contributed by atoms with Crippen LogP contribution in [-0.2, 0) is 23.2 Å². The van der Waals surface area contributed by atoms with Crippen molar-refractivity contribution in [3.8, 4) is 5.69 Å². The van der Waals surface area contributed by atoms with Gasteiger partial charge in [0.15, 0.2) is 0 Å². The molecule has 0 fully saturated rings. The molecule has 1 aromatic heterocycles. The fourth-order valence-corrected chi connectivity index (χ4v) is 5.41. The molecule has 0 saturated heterocycles. The first-order chi connectivity index (χ1) is 18.4. The van der Waals surface area contributed by atoms with Gasteiger partial charge in [-0.25, -0.2) is 14.4 Å². The number of aromatic nitrogens is 3. The SMILES string of the molecule is Cc1ccc(C2=NN(c3nn(-c4ccc(C)cc4)c(=O)n3CC(N)=O)C=C[C@]23CCc2ccccc23)cc1. The van der Waals surface area contributed by atoms with Gasteiger partial charge in [-0.1, -0.05) is 71.8 Å². The third kappa shape index (κ3) is 3.85. The molecule has 8 heteroatoms. The van der Waals surface area contributed by atoms with Gasteiger partial charge in [0.05, 0.1) is 16.8 Å². The summed E-state index contributed by atoms with van der Waals surface area (Å²) in [5, 5.41) is 11.3. The lowest BCUT2D eigenvalue weighted by Gasteiger charge is -2.34. The maximum Gasteiger partial charge on any atom is 0.352 e. The Kier molecular flexibility index (Phi) is 5.60. The van der Waals surface area contributed by atoms with E-state index in [0.29, 0.717) is 5.69 Å². The number of nitrogens with zero attached hydrogens (tertiary/aromatic N) is 5. The van der Waals surface area contributed by atoms with Gasteiger partial charge in [-0.2, -0.15) is 9.78 Å². The van der Waals surface area contributed by atoms with Crippen molar-refractivity contribution in [3.63, 3.8) is 0 Å². The predicted molar refractivity (Wildman–Crippen MR) is 148 cm³/mol. The molecular weight excluding hydrogens is 476 g/mol. The molecule has 2 aliphatic rings. The van der Waals surface area contributed by atoms with E-state index in [2.05, 4.69) is 66.6 Å². The number of allylic oxidation sites excluding steroid dienone is 1. The van der Waals surface area contributed by atoms with Gasteiger partial charge in [-0.3, -0.25) is 4.79 Å². The molecular formula is C30H28N6O2. The van der Waals surface area contributed by atoms with Gasteiger partial charge in [0, 0.05) is 6.20 Å². The average Bonchev–Trinajstić information content (AvgIpc) is 3.44. The summed E-state index contributed by atoms with van der Waals surface area (Å²) in [6.45, 7) is 3.72. The maximum absolute atomic E-state index is 13.4. The smallest absolute Gasteiger partial charge is 0.352 e. The third-order valence-corrected chi connectivity index (χ3v) is 7.38. The van der Waals surface area contributed by atoms with Gasteiger partial charge >= 0.3 is 5.69 Å². The quantitative estimate of drug-likeness (QED) is 0.447. The second kappa shape index (κ2) is 8.99. The fraction of sp³-hybridized carbons (Fsp3) is 0.200. The molecule has 6 rings (SSSR count). The molecule has 1 atom stereocenters. The molecule has 190 valence electrons. The number of carbonyl (C=O) groups is 1. The Morgan fingerprint density at radius 3 is 2.37 bits per heavy atom. The van der Waals surface area contributed by atoms with Crippen LogP contribution in [0.1, 0.15) is 34.2 Å². The summed E-state index contributed by atoms with van der Waals surface area (Å²) in [7, 11) is 0. The van der Waals surface area contributed by atoms with E-state index in [4.69, 9.17) is 10.8 Å². The zero-order chi connectivity index (χ0) is 26.4. The number of fused-ring (bicyclic) bond motifs is 2. The molecule has 2 heterocycles. The summed E-state index contributed by atoms with van der Waals surface area (Å²) in [6.07, 6.45) is 5.82. The van der Waals surface area contributed by atoms with E-state index in [0.717, 1.165) is 35.2 Å². The third-order valence-electron chi connectivity index (χ3n) is 7.38. The Morgan fingerprint density at radius 1 is 0.974 bits per heavy atom. The van der Waals surface area contributed by atoms with Gasteiger partial charge in [-0.05, 0) is 61.6 Å². The molecule has 4 aromatic rings. The lowest BCUT2D eigenvalue weighted by molar-refractivity contribution is -0.118. The second-order valence-corrected chi connectivity index (χ2v) is 9.99. The van der Waals surface area contributed by atoms with Crippen LogP contribution < -0.4 is 16.4 Å². The highest BCUT2D eigenvalue weighted by molar-refractivity contribution is 6.11. The Bertz CT molecular complexity index is 1660. The van der Waals surface area contributed by atoms with Crippen molar-refractivity contribution in [2.24, 2.45) is 10.8 Å². The van der Waals surface area contributed by atoms with Crippen LogP contribution in [0.15, 0.2) is 95.0 Å². The van der Waals surface area contributed by atoms with Crippen molar-refractivity contribution < 1.29 is 4.79 Å². The van der Waals surface area contributed by atoms with Crippen LogP contribution in [0, 0.1) is 13.8 Å². The number of rotatable bonds is 5. The highest BCUT2D eigenvalue weighted by Gasteiger charge is 2.44. The molecule has 1 spiro atoms. The van der Waals surface area contributed by atoms with E-state index in [1.165, 1.54) is 20.4 Å². The van der Waals surface area contributed by atoms with Gasteiger partial charge in [0.2, 0.25) is 5.91 Å². The minimum absolute atomic E-state index is 0.219. The van der Waals surface area contributed by atoms with E-state index in [1.54, 1.807) is 5.01 Å². The number of benzene rings is 3. The van der Waals surface area contributed by atoms with Crippen LogP contribution in [0.5, 0.6) is 0 Å². The molecule has 0 radical (unpaired) electrons. The molecule has 3 aromatic carbocycles. The largest absolute Gasteiger partial charge is 0.368 e. The van der Waals surface area contributed by atoms with E-state index < -0.39 is 17.0 Å². The Hall–Kier alpha value is -4.72. The number of anilines is 1. The molecule has 0 bridgehead atoms. The summed E-state index contributed by atoms with van der Waals surface area (Å²) in [5.74, 6) is -0.418. The molecule has 1 amide bonds. The highest BCUT2D eigenvalue weighted by Crippen LogP contribution is 2.45. The Labute approximate surface area is 220 Å². The number of primary amides is 1. The van der Waals surface area contributed by atoms with Crippen molar-refractivity contribution in [1.82, 2.24) is 14.3 Å². The van der Waals surface area contributed by atoms with Crippen LogP contribution in [0.3, 0.4) is 0 Å². The molecule has 1 aliphatic heterocycles. The Balaban J connectivity index is 1.53. The molecule has 8 nitrogen and oxygen atoms in total. The lowest BCUT2D eigenvalue weighted by Crippen LogP contribution is -2.39. The summed E-state index contributed by atoms with van der Waals surface area (Å²) in [4.78, 5) is 25.4. The van der Waals surface area contributed by atoms with Gasteiger partial charge in [0.1, 0.15) is 6.54 Å².